The maximum atomic E-state index is 12.4. The van der Waals surface area contributed by atoms with Crippen molar-refractivity contribution in [1.82, 2.24) is 4.98 Å². The van der Waals surface area contributed by atoms with Gasteiger partial charge in [-0.25, -0.2) is 4.98 Å². The lowest BCUT2D eigenvalue weighted by Crippen LogP contribution is -2.36. The van der Waals surface area contributed by atoms with Crippen molar-refractivity contribution in [3.05, 3.63) is 17.8 Å². The number of aromatic nitrogens is 1. The molecular formula is C7H8BF3N2O2. The van der Waals surface area contributed by atoms with Crippen molar-refractivity contribution in [3.8, 4) is 0 Å². The van der Waals surface area contributed by atoms with Gasteiger partial charge in [-0.15, -0.1) is 0 Å². The zero-order valence-electron chi connectivity index (χ0n) is 7.71. The van der Waals surface area contributed by atoms with Crippen LogP contribution in [-0.2, 0) is 6.18 Å². The highest BCUT2D eigenvalue weighted by Crippen LogP contribution is 2.28. The van der Waals surface area contributed by atoms with Crippen LogP contribution in [0.5, 0.6) is 0 Å². The fraction of sp³-hybridized carbons (Fsp3) is 0.286. The van der Waals surface area contributed by atoms with Gasteiger partial charge in [0, 0.05) is 18.7 Å². The molecule has 1 heterocycles. The smallest absolute Gasteiger partial charge is 0.423 e. The molecule has 0 aliphatic rings. The Labute approximate surface area is 83.9 Å². The predicted octanol–water partition coefficient (Wildman–Crippen LogP) is -0.178. The minimum atomic E-state index is -4.65. The summed E-state index contributed by atoms with van der Waals surface area (Å²) < 4.78 is 37.3. The van der Waals surface area contributed by atoms with Crippen LogP contribution in [0.1, 0.15) is 5.56 Å². The van der Waals surface area contributed by atoms with Crippen LogP contribution >= 0.6 is 0 Å². The van der Waals surface area contributed by atoms with E-state index < -0.39 is 24.3 Å². The molecule has 0 aliphatic carbocycles. The highest BCUT2D eigenvalue weighted by atomic mass is 19.4. The summed E-state index contributed by atoms with van der Waals surface area (Å²) in [5.74, 6) is 0.00623. The standard InChI is InChI=1S/C7H8BF3N2O2/c1-12-6-2-4(7(9,10)11)5(3-13-6)8(14)15/h2-3,14-15H,1H3,(H,12,13). The summed E-state index contributed by atoms with van der Waals surface area (Å²) in [6, 6.07) is 0.717. The van der Waals surface area contributed by atoms with Crippen LogP contribution in [0.3, 0.4) is 0 Å². The first-order valence-corrected chi connectivity index (χ1v) is 3.97. The third-order valence-corrected chi connectivity index (χ3v) is 1.77. The van der Waals surface area contributed by atoms with Crippen molar-refractivity contribution in [2.45, 2.75) is 6.18 Å². The molecule has 4 nitrogen and oxygen atoms in total. The maximum Gasteiger partial charge on any atom is 0.490 e. The van der Waals surface area contributed by atoms with Crippen molar-refractivity contribution in [1.29, 1.82) is 0 Å². The van der Waals surface area contributed by atoms with Gasteiger partial charge in [0.15, 0.2) is 0 Å². The second-order valence-electron chi connectivity index (χ2n) is 2.78. The summed E-state index contributed by atoms with van der Waals surface area (Å²) in [6.45, 7) is 0. The molecule has 3 N–H and O–H groups in total. The molecule has 0 spiro atoms. The van der Waals surface area contributed by atoms with Crippen molar-refractivity contribution >= 4 is 18.4 Å². The van der Waals surface area contributed by atoms with Crippen LogP contribution in [0.25, 0.3) is 0 Å². The van der Waals surface area contributed by atoms with Gasteiger partial charge < -0.3 is 15.4 Å². The minimum absolute atomic E-state index is 0.00623. The Morgan fingerprint density at radius 3 is 2.40 bits per heavy atom. The molecule has 1 aromatic rings. The third kappa shape index (κ3) is 2.60. The number of rotatable bonds is 2. The van der Waals surface area contributed by atoms with Gasteiger partial charge in [0.1, 0.15) is 5.82 Å². The van der Waals surface area contributed by atoms with Gasteiger partial charge in [0.25, 0.3) is 0 Å². The number of pyridine rings is 1. The normalized spacial score (nSPS) is 11.3. The fourth-order valence-electron chi connectivity index (χ4n) is 1.05. The number of alkyl halides is 3. The predicted molar refractivity (Wildman–Crippen MR) is 48.6 cm³/mol. The molecule has 82 valence electrons. The third-order valence-electron chi connectivity index (χ3n) is 1.77. The van der Waals surface area contributed by atoms with E-state index in [0.717, 1.165) is 12.3 Å². The average Bonchev–Trinajstić information content (AvgIpc) is 2.15. The molecule has 15 heavy (non-hydrogen) atoms. The molecule has 0 radical (unpaired) electrons. The highest BCUT2D eigenvalue weighted by Gasteiger charge is 2.36. The van der Waals surface area contributed by atoms with E-state index in [1.54, 1.807) is 0 Å². The van der Waals surface area contributed by atoms with E-state index in [2.05, 4.69) is 10.3 Å². The molecule has 1 aromatic heterocycles. The molecule has 1 rings (SSSR count). The molecule has 0 amide bonds. The Morgan fingerprint density at radius 1 is 1.40 bits per heavy atom. The largest absolute Gasteiger partial charge is 0.490 e. The number of anilines is 1. The van der Waals surface area contributed by atoms with Gasteiger partial charge in [-0.1, -0.05) is 0 Å². The van der Waals surface area contributed by atoms with Gasteiger partial charge in [0.2, 0.25) is 0 Å². The molecule has 0 aromatic carbocycles. The quantitative estimate of drug-likeness (QED) is 0.605. The Hall–Kier alpha value is -1.28. The number of hydrogen-bond acceptors (Lipinski definition) is 4. The Morgan fingerprint density at radius 2 is 2.00 bits per heavy atom. The monoisotopic (exact) mass is 220 g/mol. The molecule has 0 saturated heterocycles. The summed E-state index contributed by atoms with van der Waals surface area (Å²) in [5.41, 5.74) is -1.78. The van der Waals surface area contributed by atoms with Gasteiger partial charge in [-0.3, -0.25) is 0 Å². The van der Waals surface area contributed by atoms with Gasteiger partial charge in [-0.2, -0.15) is 13.2 Å². The SMILES string of the molecule is CNc1cc(C(F)(F)F)c(B(O)O)cn1. The second-order valence-corrected chi connectivity index (χ2v) is 2.78. The number of halogens is 3. The first-order chi connectivity index (χ1) is 6.86. The summed E-state index contributed by atoms with van der Waals surface area (Å²) in [4.78, 5) is 3.56. The van der Waals surface area contributed by atoms with Crippen LogP contribution in [0.4, 0.5) is 19.0 Å². The highest BCUT2D eigenvalue weighted by molar-refractivity contribution is 6.59. The lowest BCUT2D eigenvalue weighted by atomic mass is 9.78. The van der Waals surface area contributed by atoms with Crippen LogP contribution in [0, 0.1) is 0 Å². The fourth-order valence-corrected chi connectivity index (χ4v) is 1.05. The van der Waals surface area contributed by atoms with Crippen LogP contribution in [0.15, 0.2) is 12.3 Å². The van der Waals surface area contributed by atoms with Crippen LogP contribution in [-0.4, -0.2) is 29.2 Å². The van der Waals surface area contributed by atoms with Crippen molar-refractivity contribution in [2.24, 2.45) is 0 Å². The lowest BCUT2D eigenvalue weighted by molar-refractivity contribution is -0.136. The van der Waals surface area contributed by atoms with E-state index in [4.69, 9.17) is 10.0 Å². The summed E-state index contributed by atoms with van der Waals surface area (Å²) in [6.07, 6.45) is -3.87. The molecule has 0 unspecified atom stereocenters. The van der Waals surface area contributed by atoms with Crippen molar-refractivity contribution in [3.63, 3.8) is 0 Å². The zero-order chi connectivity index (χ0) is 11.6. The zero-order valence-corrected chi connectivity index (χ0v) is 7.71. The van der Waals surface area contributed by atoms with Gasteiger partial charge in [-0.05, 0) is 6.07 Å². The van der Waals surface area contributed by atoms with Crippen molar-refractivity contribution < 1.29 is 23.2 Å². The molecule has 8 heteroatoms. The summed E-state index contributed by atoms with van der Waals surface area (Å²) in [7, 11) is -0.780. The van der Waals surface area contributed by atoms with Crippen LogP contribution in [0.2, 0.25) is 0 Å². The first-order valence-electron chi connectivity index (χ1n) is 3.97. The number of hydrogen-bond donors (Lipinski definition) is 3. The van der Waals surface area contributed by atoms with E-state index >= 15 is 0 Å². The second kappa shape index (κ2) is 4.07. The minimum Gasteiger partial charge on any atom is -0.423 e. The number of nitrogens with zero attached hydrogens (tertiary/aromatic N) is 1. The average molecular weight is 220 g/mol. The van der Waals surface area contributed by atoms with E-state index in [9.17, 15) is 13.2 Å². The van der Waals surface area contributed by atoms with E-state index in [0.29, 0.717) is 0 Å². The maximum absolute atomic E-state index is 12.4. The molecule has 0 saturated carbocycles. The Kier molecular flexibility index (Phi) is 3.20. The molecule has 0 atom stereocenters. The first kappa shape index (κ1) is 11.8. The summed E-state index contributed by atoms with van der Waals surface area (Å²) >= 11 is 0. The van der Waals surface area contributed by atoms with E-state index in [-0.39, 0.29) is 5.82 Å². The molecule has 0 fully saturated rings. The molecular weight excluding hydrogens is 212 g/mol. The van der Waals surface area contributed by atoms with Gasteiger partial charge >= 0.3 is 13.3 Å². The summed E-state index contributed by atoms with van der Waals surface area (Å²) in [5, 5.41) is 19.9. The van der Waals surface area contributed by atoms with Crippen molar-refractivity contribution in [2.75, 3.05) is 12.4 Å². The lowest BCUT2D eigenvalue weighted by Gasteiger charge is -2.13. The Balaban J connectivity index is 3.29. The van der Waals surface area contributed by atoms with E-state index in [1.807, 2.05) is 0 Å². The topological polar surface area (TPSA) is 65.4 Å². The Bertz CT molecular complexity index is 357. The molecule has 0 aliphatic heterocycles. The van der Waals surface area contributed by atoms with Gasteiger partial charge in [0.05, 0.1) is 5.56 Å². The van der Waals surface area contributed by atoms with Crippen LogP contribution < -0.4 is 10.8 Å². The molecule has 0 bridgehead atoms. The van der Waals surface area contributed by atoms with E-state index in [1.165, 1.54) is 7.05 Å². The number of nitrogens with one attached hydrogen (secondary N) is 1.